The van der Waals surface area contributed by atoms with E-state index < -0.39 is 0 Å². The summed E-state index contributed by atoms with van der Waals surface area (Å²) in [6.07, 6.45) is 5.72. The molecular formula is C17H32N4. The first-order valence-electron chi connectivity index (χ1n) is 8.78. The molecule has 2 aliphatic heterocycles. The van der Waals surface area contributed by atoms with E-state index in [4.69, 9.17) is 0 Å². The predicted octanol–water partition coefficient (Wildman–Crippen LogP) is 2.22. The molecule has 3 unspecified atom stereocenters. The second-order valence-electron chi connectivity index (χ2n) is 6.82. The molecular weight excluding hydrogens is 260 g/mol. The van der Waals surface area contributed by atoms with Gasteiger partial charge in [0.25, 0.3) is 0 Å². The van der Waals surface area contributed by atoms with E-state index in [1.54, 1.807) is 0 Å². The van der Waals surface area contributed by atoms with Crippen LogP contribution in [0.4, 0.5) is 0 Å². The average molecular weight is 292 g/mol. The minimum atomic E-state index is -0.312. The molecule has 2 aliphatic rings. The summed E-state index contributed by atoms with van der Waals surface area (Å²) in [4.78, 5) is 5.32. The molecule has 2 rings (SSSR count). The van der Waals surface area contributed by atoms with Crippen LogP contribution in [0.5, 0.6) is 0 Å². The second kappa shape index (κ2) is 7.58. The fourth-order valence-corrected chi connectivity index (χ4v) is 4.05. The van der Waals surface area contributed by atoms with Gasteiger partial charge in [-0.25, -0.2) is 0 Å². The Morgan fingerprint density at radius 2 is 2.14 bits per heavy atom. The van der Waals surface area contributed by atoms with Crippen molar-refractivity contribution in [3.8, 4) is 6.07 Å². The SMILES string of the molecule is CCNC(C#N)(CC)CCCN1CC2CCCN2CC1C. The number of fused-ring (bicyclic) bond motifs is 1. The van der Waals surface area contributed by atoms with E-state index in [-0.39, 0.29) is 5.54 Å². The third-order valence-corrected chi connectivity index (χ3v) is 5.45. The highest BCUT2D eigenvalue weighted by atomic mass is 15.3. The van der Waals surface area contributed by atoms with Crippen LogP contribution in [-0.2, 0) is 0 Å². The van der Waals surface area contributed by atoms with Crippen LogP contribution in [0.3, 0.4) is 0 Å². The monoisotopic (exact) mass is 292 g/mol. The number of hydrogen-bond acceptors (Lipinski definition) is 4. The van der Waals surface area contributed by atoms with Gasteiger partial charge < -0.3 is 0 Å². The van der Waals surface area contributed by atoms with Crippen molar-refractivity contribution < 1.29 is 0 Å². The molecule has 0 bridgehead atoms. The van der Waals surface area contributed by atoms with Crippen LogP contribution in [0.25, 0.3) is 0 Å². The Hall–Kier alpha value is -0.630. The topological polar surface area (TPSA) is 42.3 Å². The maximum atomic E-state index is 9.49. The molecule has 1 N–H and O–H groups in total. The van der Waals surface area contributed by atoms with Gasteiger partial charge in [-0.05, 0) is 58.7 Å². The Kier molecular flexibility index (Phi) is 6.04. The molecule has 0 aromatic carbocycles. The van der Waals surface area contributed by atoms with Gasteiger partial charge in [0.05, 0.1) is 6.07 Å². The zero-order valence-corrected chi connectivity index (χ0v) is 14.1. The van der Waals surface area contributed by atoms with E-state index >= 15 is 0 Å². The van der Waals surface area contributed by atoms with Crippen molar-refractivity contribution in [1.29, 1.82) is 5.26 Å². The molecule has 0 amide bonds. The first-order chi connectivity index (χ1) is 10.1. The van der Waals surface area contributed by atoms with Crippen LogP contribution < -0.4 is 5.32 Å². The molecule has 4 nitrogen and oxygen atoms in total. The lowest BCUT2D eigenvalue weighted by Crippen LogP contribution is -2.55. The number of nitriles is 1. The maximum Gasteiger partial charge on any atom is 0.106 e. The first kappa shape index (κ1) is 16.7. The van der Waals surface area contributed by atoms with E-state index in [0.29, 0.717) is 6.04 Å². The third-order valence-electron chi connectivity index (χ3n) is 5.45. The molecule has 2 heterocycles. The molecule has 120 valence electrons. The van der Waals surface area contributed by atoms with Crippen LogP contribution in [0.1, 0.15) is 52.9 Å². The Morgan fingerprint density at radius 3 is 2.81 bits per heavy atom. The lowest BCUT2D eigenvalue weighted by Gasteiger charge is -2.42. The standard InChI is InChI=1S/C17H32N4/c1-4-17(14-18,19-5-2)9-7-11-20-13-16-8-6-10-21(16)12-15(20)3/h15-16,19H,4-13H2,1-3H3. The summed E-state index contributed by atoms with van der Waals surface area (Å²) in [6.45, 7) is 12.3. The minimum Gasteiger partial charge on any atom is -0.300 e. The zero-order valence-electron chi connectivity index (χ0n) is 14.1. The van der Waals surface area contributed by atoms with Crippen LogP contribution >= 0.6 is 0 Å². The average Bonchev–Trinajstić information content (AvgIpc) is 2.93. The summed E-state index contributed by atoms with van der Waals surface area (Å²) in [5.41, 5.74) is -0.312. The summed E-state index contributed by atoms with van der Waals surface area (Å²) in [6, 6.07) is 3.97. The highest BCUT2D eigenvalue weighted by Crippen LogP contribution is 2.25. The lowest BCUT2D eigenvalue weighted by molar-refractivity contribution is 0.0572. The van der Waals surface area contributed by atoms with Crippen molar-refractivity contribution in [1.82, 2.24) is 15.1 Å². The van der Waals surface area contributed by atoms with Crippen LogP contribution in [-0.4, -0.2) is 60.1 Å². The fraction of sp³-hybridized carbons (Fsp3) is 0.941. The minimum absolute atomic E-state index is 0.312. The molecule has 0 spiro atoms. The Labute approximate surface area is 130 Å². The maximum absolute atomic E-state index is 9.49. The lowest BCUT2D eigenvalue weighted by atomic mass is 9.91. The van der Waals surface area contributed by atoms with Gasteiger partial charge in [0.2, 0.25) is 0 Å². The smallest absolute Gasteiger partial charge is 0.106 e. The Morgan fingerprint density at radius 1 is 1.33 bits per heavy atom. The molecule has 2 fully saturated rings. The Bertz CT molecular complexity index is 364. The number of nitrogens with one attached hydrogen (secondary N) is 1. The van der Waals surface area contributed by atoms with E-state index in [9.17, 15) is 5.26 Å². The number of hydrogen-bond donors (Lipinski definition) is 1. The highest BCUT2D eigenvalue weighted by Gasteiger charge is 2.34. The molecule has 4 heteroatoms. The molecule has 0 radical (unpaired) electrons. The predicted molar refractivity (Wildman–Crippen MR) is 87.2 cm³/mol. The Balaban J connectivity index is 1.81. The zero-order chi connectivity index (χ0) is 15.3. The highest BCUT2D eigenvalue weighted by molar-refractivity contribution is 5.06. The summed E-state index contributed by atoms with van der Waals surface area (Å²) in [7, 11) is 0. The van der Waals surface area contributed by atoms with Crippen molar-refractivity contribution in [2.75, 3.05) is 32.7 Å². The van der Waals surface area contributed by atoms with Gasteiger partial charge in [0, 0.05) is 25.2 Å². The van der Waals surface area contributed by atoms with Gasteiger partial charge in [0.15, 0.2) is 0 Å². The number of nitrogens with zero attached hydrogens (tertiary/aromatic N) is 3. The quantitative estimate of drug-likeness (QED) is 0.781. The van der Waals surface area contributed by atoms with Crippen molar-refractivity contribution in [2.24, 2.45) is 0 Å². The molecule has 0 aromatic rings. The summed E-state index contributed by atoms with van der Waals surface area (Å²) < 4.78 is 0. The molecule has 0 aromatic heterocycles. The third kappa shape index (κ3) is 3.97. The number of rotatable bonds is 7. The molecule has 2 saturated heterocycles. The summed E-state index contributed by atoms with van der Waals surface area (Å²) >= 11 is 0. The van der Waals surface area contributed by atoms with Crippen LogP contribution in [0, 0.1) is 11.3 Å². The normalized spacial score (nSPS) is 29.8. The van der Waals surface area contributed by atoms with Gasteiger partial charge in [-0.15, -0.1) is 0 Å². The van der Waals surface area contributed by atoms with Crippen molar-refractivity contribution >= 4 is 0 Å². The van der Waals surface area contributed by atoms with Gasteiger partial charge in [-0.2, -0.15) is 5.26 Å². The van der Waals surface area contributed by atoms with E-state index in [2.05, 4.69) is 42.0 Å². The molecule has 21 heavy (non-hydrogen) atoms. The first-order valence-corrected chi connectivity index (χ1v) is 8.78. The van der Waals surface area contributed by atoms with E-state index in [0.717, 1.165) is 38.4 Å². The summed E-state index contributed by atoms with van der Waals surface area (Å²) in [5.74, 6) is 0. The van der Waals surface area contributed by atoms with E-state index in [1.807, 2.05) is 0 Å². The van der Waals surface area contributed by atoms with Crippen molar-refractivity contribution in [2.45, 2.75) is 70.5 Å². The van der Waals surface area contributed by atoms with E-state index in [1.165, 1.54) is 32.5 Å². The number of piperazine rings is 1. The second-order valence-corrected chi connectivity index (χ2v) is 6.82. The molecule has 0 aliphatic carbocycles. The van der Waals surface area contributed by atoms with Crippen LogP contribution in [0.2, 0.25) is 0 Å². The fourth-order valence-electron chi connectivity index (χ4n) is 4.05. The van der Waals surface area contributed by atoms with Gasteiger partial charge in [-0.1, -0.05) is 13.8 Å². The largest absolute Gasteiger partial charge is 0.300 e. The van der Waals surface area contributed by atoms with Gasteiger partial charge in [0.1, 0.15) is 5.54 Å². The molecule has 0 saturated carbocycles. The molecule has 3 atom stereocenters. The van der Waals surface area contributed by atoms with Crippen molar-refractivity contribution in [3.05, 3.63) is 0 Å². The van der Waals surface area contributed by atoms with Crippen molar-refractivity contribution in [3.63, 3.8) is 0 Å². The van der Waals surface area contributed by atoms with Gasteiger partial charge in [-0.3, -0.25) is 15.1 Å². The van der Waals surface area contributed by atoms with Crippen LogP contribution in [0.15, 0.2) is 0 Å². The van der Waals surface area contributed by atoms with Gasteiger partial charge >= 0.3 is 0 Å². The summed E-state index contributed by atoms with van der Waals surface area (Å²) in [5, 5.41) is 12.9.